The van der Waals surface area contributed by atoms with Gasteiger partial charge in [-0.25, -0.2) is 0 Å². The molecule has 0 radical (unpaired) electrons. The molecule has 1 atom stereocenters. The van der Waals surface area contributed by atoms with Crippen LogP contribution in [-0.2, 0) is 6.42 Å². The summed E-state index contributed by atoms with van der Waals surface area (Å²) in [6.45, 7) is 19.7. The molecular weight excluding hydrogens is 494 g/mol. The van der Waals surface area contributed by atoms with Crippen LogP contribution >= 0.6 is 0 Å². The molecule has 5 aromatic rings. The Hall–Kier alpha value is -4.10. The molecule has 0 fully saturated rings. The zero-order valence-corrected chi connectivity index (χ0v) is 25.0. The lowest BCUT2D eigenvalue weighted by Crippen LogP contribution is -1.98. The van der Waals surface area contributed by atoms with Gasteiger partial charge in [0.25, 0.3) is 0 Å². The summed E-state index contributed by atoms with van der Waals surface area (Å²) in [4.78, 5) is 0. The molecule has 0 N–H and O–H groups in total. The SMILES string of the molecule is C=C(C)Cc1ccc(C(=C)c2ccc3c(c2)c2cc(C(C)C(=C)CCCCCC)ccc2n3-c2ccccc2)cc1. The van der Waals surface area contributed by atoms with Crippen molar-refractivity contribution in [2.45, 2.75) is 65.2 Å². The van der Waals surface area contributed by atoms with Crippen LogP contribution in [0, 0.1) is 0 Å². The third-order valence-electron chi connectivity index (χ3n) is 8.42. The molecule has 0 bridgehead atoms. The van der Waals surface area contributed by atoms with E-state index in [-0.39, 0.29) is 0 Å². The van der Waals surface area contributed by atoms with E-state index in [1.807, 2.05) is 0 Å². The molecule has 0 aliphatic carbocycles. The van der Waals surface area contributed by atoms with Crippen molar-refractivity contribution in [3.8, 4) is 5.69 Å². The standard InChI is InChI=1S/C40H43N/c1-7-8-9-11-14-29(4)30(5)34-21-23-39-37(26-34)38-27-35(22-24-40(38)41(39)36-15-12-10-13-16-36)31(6)33-19-17-32(18-20-33)25-28(2)3/h10,12-13,15-24,26-27,30H,2,4,6-9,11,14,25H2,1,3,5H3. The summed E-state index contributed by atoms with van der Waals surface area (Å²) in [5, 5.41) is 2.53. The van der Waals surface area contributed by atoms with Crippen LogP contribution in [-0.4, -0.2) is 4.57 Å². The Morgan fingerprint density at radius 2 is 1.39 bits per heavy atom. The van der Waals surface area contributed by atoms with E-state index in [0.717, 1.165) is 29.5 Å². The molecule has 0 saturated heterocycles. The minimum absolute atomic E-state index is 0.326. The zero-order valence-electron chi connectivity index (χ0n) is 25.0. The third-order valence-corrected chi connectivity index (χ3v) is 8.42. The third kappa shape index (κ3) is 6.15. The number of allylic oxidation sites excluding steroid dienone is 2. The summed E-state index contributed by atoms with van der Waals surface area (Å²) in [5.74, 6) is 0.326. The Labute approximate surface area is 246 Å². The van der Waals surface area contributed by atoms with Gasteiger partial charge < -0.3 is 4.57 Å². The first-order valence-electron chi connectivity index (χ1n) is 15.1. The van der Waals surface area contributed by atoms with Crippen molar-refractivity contribution in [3.05, 3.63) is 144 Å². The van der Waals surface area contributed by atoms with Crippen LogP contribution in [0.4, 0.5) is 0 Å². The van der Waals surface area contributed by atoms with Crippen molar-refractivity contribution in [3.63, 3.8) is 0 Å². The molecule has 1 heteroatoms. The van der Waals surface area contributed by atoms with Gasteiger partial charge in [0, 0.05) is 22.4 Å². The van der Waals surface area contributed by atoms with E-state index in [0.29, 0.717) is 5.92 Å². The van der Waals surface area contributed by atoms with Gasteiger partial charge in [-0.2, -0.15) is 0 Å². The van der Waals surface area contributed by atoms with Crippen LogP contribution in [0.2, 0.25) is 0 Å². The number of fused-ring (bicyclic) bond motifs is 3. The number of unbranched alkanes of at least 4 members (excludes halogenated alkanes) is 3. The molecule has 1 nitrogen and oxygen atoms in total. The van der Waals surface area contributed by atoms with Gasteiger partial charge in [-0.05, 0) is 90.4 Å². The molecule has 41 heavy (non-hydrogen) atoms. The molecule has 0 amide bonds. The molecule has 1 aromatic heterocycles. The zero-order chi connectivity index (χ0) is 28.9. The number of rotatable bonds is 12. The quantitative estimate of drug-likeness (QED) is 0.110. The fraction of sp³-hybridized carbons (Fsp3) is 0.250. The van der Waals surface area contributed by atoms with Gasteiger partial charge in [0.05, 0.1) is 11.0 Å². The number of benzene rings is 4. The van der Waals surface area contributed by atoms with Gasteiger partial charge in [-0.15, -0.1) is 0 Å². The Balaban J connectivity index is 1.56. The lowest BCUT2D eigenvalue weighted by Gasteiger charge is -2.16. The summed E-state index contributed by atoms with van der Waals surface area (Å²) in [5.41, 5.74) is 12.1. The average molecular weight is 538 g/mol. The van der Waals surface area contributed by atoms with Crippen molar-refractivity contribution in [2.75, 3.05) is 0 Å². The second-order valence-corrected chi connectivity index (χ2v) is 11.7. The van der Waals surface area contributed by atoms with E-state index in [4.69, 9.17) is 0 Å². The number of aromatic nitrogens is 1. The van der Waals surface area contributed by atoms with Gasteiger partial charge in [0.1, 0.15) is 0 Å². The average Bonchev–Trinajstić information content (AvgIpc) is 3.32. The van der Waals surface area contributed by atoms with E-state index in [1.54, 1.807) is 0 Å². The highest BCUT2D eigenvalue weighted by molar-refractivity contribution is 6.10. The summed E-state index contributed by atoms with van der Waals surface area (Å²) < 4.78 is 2.39. The highest BCUT2D eigenvalue weighted by Gasteiger charge is 2.17. The molecular formula is C40H43N. The van der Waals surface area contributed by atoms with E-state index in [1.165, 1.54) is 75.4 Å². The van der Waals surface area contributed by atoms with Crippen LogP contribution in [0.15, 0.2) is 122 Å². The molecule has 0 saturated carbocycles. The molecule has 4 aromatic carbocycles. The first-order chi connectivity index (χ1) is 19.9. The lowest BCUT2D eigenvalue weighted by atomic mass is 9.89. The first kappa shape index (κ1) is 28.4. The van der Waals surface area contributed by atoms with Crippen LogP contribution < -0.4 is 0 Å². The maximum atomic E-state index is 4.51. The normalized spacial score (nSPS) is 12.1. The fourth-order valence-electron chi connectivity index (χ4n) is 5.92. The Morgan fingerprint density at radius 1 is 0.732 bits per heavy atom. The van der Waals surface area contributed by atoms with Crippen molar-refractivity contribution < 1.29 is 0 Å². The lowest BCUT2D eigenvalue weighted by molar-refractivity contribution is 0.648. The smallest absolute Gasteiger partial charge is 0.0541 e. The minimum Gasteiger partial charge on any atom is -0.309 e. The maximum absolute atomic E-state index is 4.51. The summed E-state index contributed by atoms with van der Waals surface area (Å²) >= 11 is 0. The highest BCUT2D eigenvalue weighted by Crippen LogP contribution is 2.37. The molecule has 5 rings (SSSR count). The van der Waals surface area contributed by atoms with Gasteiger partial charge >= 0.3 is 0 Å². The molecule has 0 aliphatic heterocycles. The predicted octanol–water partition coefficient (Wildman–Crippen LogP) is 11.6. The Morgan fingerprint density at radius 3 is 2.07 bits per heavy atom. The van der Waals surface area contributed by atoms with Gasteiger partial charge in [0.2, 0.25) is 0 Å². The fourth-order valence-corrected chi connectivity index (χ4v) is 5.92. The van der Waals surface area contributed by atoms with E-state index in [2.05, 4.69) is 136 Å². The van der Waals surface area contributed by atoms with Gasteiger partial charge in [-0.1, -0.05) is 119 Å². The van der Waals surface area contributed by atoms with Gasteiger partial charge in [-0.3, -0.25) is 0 Å². The Bertz CT molecular complexity index is 1700. The molecule has 1 heterocycles. The van der Waals surface area contributed by atoms with Crippen LogP contribution in [0.3, 0.4) is 0 Å². The van der Waals surface area contributed by atoms with Crippen molar-refractivity contribution in [1.29, 1.82) is 0 Å². The number of para-hydroxylation sites is 1. The molecule has 0 spiro atoms. The number of hydrogen-bond acceptors (Lipinski definition) is 0. The number of hydrogen-bond donors (Lipinski definition) is 0. The predicted molar refractivity (Wildman–Crippen MR) is 180 cm³/mol. The van der Waals surface area contributed by atoms with Crippen molar-refractivity contribution in [1.82, 2.24) is 4.57 Å². The Kier molecular flexibility index (Phi) is 8.74. The second kappa shape index (κ2) is 12.6. The maximum Gasteiger partial charge on any atom is 0.0541 e. The van der Waals surface area contributed by atoms with E-state index in [9.17, 15) is 0 Å². The summed E-state index contributed by atoms with van der Waals surface area (Å²) in [6.07, 6.45) is 7.09. The monoisotopic (exact) mass is 537 g/mol. The minimum atomic E-state index is 0.326. The highest BCUT2D eigenvalue weighted by atomic mass is 15.0. The van der Waals surface area contributed by atoms with Gasteiger partial charge in [0.15, 0.2) is 0 Å². The summed E-state index contributed by atoms with van der Waals surface area (Å²) in [7, 11) is 0. The van der Waals surface area contributed by atoms with Crippen molar-refractivity contribution in [2.24, 2.45) is 0 Å². The number of nitrogens with zero attached hydrogens (tertiary/aromatic N) is 1. The molecule has 0 aliphatic rings. The molecule has 1 unspecified atom stereocenters. The second-order valence-electron chi connectivity index (χ2n) is 11.7. The molecule has 208 valence electrons. The van der Waals surface area contributed by atoms with E-state index < -0.39 is 0 Å². The topological polar surface area (TPSA) is 4.93 Å². The van der Waals surface area contributed by atoms with Crippen LogP contribution in [0.1, 0.15) is 81.0 Å². The largest absolute Gasteiger partial charge is 0.309 e. The van der Waals surface area contributed by atoms with Crippen LogP contribution in [0.5, 0.6) is 0 Å². The van der Waals surface area contributed by atoms with Crippen molar-refractivity contribution >= 4 is 27.4 Å². The first-order valence-corrected chi connectivity index (χ1v) is 15.1. The van der Waals surface area contributed by atoms with E-state index >= 15 is 0 Å². The summed E-state index contributed by atoms with van der Waals surface area (Å²) in [6, 6.07) is 33.2. The van der Waals surface area contributed by atoms with Crippen LogP contribution in [0.25, 0.3) is 33.1 Å².